The van der Waals surface area contributed by atoms with Crippen LogP contribution in [0.3, 0.4) is 0 Å². The molecule has 0 aliphatic heterocycles. The van der Waals surface area contributed by atoms with Crippen LogP contribution >= 0.6 is 0 Å². The molecule has 5 aromatic rings. The molecule has 10 heteroatoms. The molecule has 0 aliphatic carbocycles. The second-order valence-corrected chi connectivity index (χ2v) is 14.3. The predicted octanol–water partition coefficient (Wildman–Crippen LogP) is 7.68. The van der Waals surface area contributed by atoms with Crippen LogP contribution in [0.4, 0.5) is 10.1 Å². The summed E-state index contributed by atoms with van der Waals surface area (Å²) in [5.74, 6) is -0.339. The Hall–Kier alpha value is -5.48. The molecule has 5 rings (SSSR count). The van der Waals surface area contributed by atoms with Gasteiger partial charge in [0.05, 0.1) is 10.6 Å². The predicted molar refractivity (Wildman–Crippen MR) is 197 cm³/mol. The summed E-state index contributed by atoms with van der Waals surface area (Å²) in [6, 6.07) is 35.8. The van der Waals surface area contributed by atoms with Crippen molar-refractivity contribution in [2.75, 3.05) is 10.8 Å². The molecule has 2 amide bonds. The molecule has 8 nitrogen and oxygen atoms in total. The average Bonchev–Trinajstić information content (AvgIpc) is 3.14. The maximum atomic E-state index is 14.7. The van der Waals surface area contributed by atoms with Gasteiger partial charge >= 0.3 is 0 Å². The minimum Gasteiger partial charge on any atom is -0.457 e. The van der Waals surface area contributed by atoms with E-state index in [4.69, 9.17) is 4.74 Å². The van der Waals surface area contributed by atoms with Gasteiger partial charge in [-0.25, -0.2) is 12.8 Å². The molecule has 0 radical (unpaired) electrons. The molecule has 5 aromatic carbocycles. The summed E-state index contributed by atoms with van der Waals surface area (Å²) in [6.07, 6.45) is 0.842. The standard InChI is InChI=1S/C41H42FN3O5S/c1-4-31(3)43-41(47)39(27-32-11-7-5-8-12-32)44(28-33-17-19-34(42)20-18-33)40(46)29-45(51(48,49)38-25-15-30(2)16-26-38)35-21-23-37(24-22-35)50-36-13-9-6-10-14-36/h5-26,31,39H,4,27-29H2,1-3H3,(H,43,47). The van der Waals surface area contributed by atoms with E-state index in [2.05, 4.69) is 5.32 Å². The summed E-state index contributed by atoms with van der Waals surface area (Å²) in [5.41, 5.74) is 2.50. The molecule has 0 saturated carbocycles. The Labute approximate surface area is 299 Å². The van der Waals surface area contributed by atoms with Gasteiger partial charge in [0.2, 0.25) is 11.8 Å². The molecule has 51 heavy (non-hydrogen) atoms. The second kappa shape index (κ2) is 17.0. The summed E-state index contributed by atoms with van der Waals surface area (Å²) < 4.78 is 49.6. The van der Waals surface area contributed by atoms with E-state index in [-0.39, 0.29) is 35.5 Å². The zero-order chi connectivity index (χ0) is 36.4. The van der Waals surface area contributed by atoms with E-state index in [0.717, 1.165) is 15.4 Å². The molecular weight excluding hydrogens is 666 g/mol. The number of carbonyl (C=O) groups excluding carboxylic acids is 2. The number of amides is 2. The lowest BCUT2D eigenvalue weighted by atomic mass is 10.0. The molecule has 0 heterocycles. The van der Waals surface area contributed by atoms with Crippen molar-refractivity contribution in [3.8, 4) is 11.5 Å². The van der Waals surface area contributed by atoms with Crippen LogP contribution in [0.2, 0.25) is 0 Å². The fraction of sp³-hybridized carbons (Fsp3) is 0.220. The van der Waals surface area contributed by atoms with Crippen LogP contribution in [0.5, 0.6) is 11.5 Å². The number of para-hydroxylation sites is 1. The zero-order valence-electron chi connectivity index (χ0n) is 28.9. The van der Waals surface area contributed by atoms with Gasteiger partial charge in [-0.1, -0.05) is 85.3 Å². The Kier molecular flexibility index (Phi) is 12.2. The smallest absolute Gasteiger partial charge is 0.264 e. The van der Waals surface area contributed by atoms with Gasteiger partial charge in [-0.15, -0.1) is 0 Å². The SMILES string of the molecule is CCC(C)NC(=O)C(Cc1ccccc1)N(Cc1ccc(F)cc1)C(=O)CN(c1ccc(Oc2ccccc2)cc1)S(=O)(=O)c1ccc(C)cc1. The van der Waals surface area contributed by atoms with Crippen LogP contribution in [0.25, 0.3) is 0 Å². The minimum absolute atomic E-state index is 0.00551. The van der Waals surface area contributed by atoms with Crippen molar-refractivity contribution in [3.05, 3.63) is 156 Å². The first kappa shape index (κ1) is 36.8. The van der Waals surface area contributed by atoms with Gasteiger partial charge in [0, 0.05) is 19.0 Å². The lowest BCUT2D eigenvalue weighted by molar-refractivity contribution is -0.140. The highest BCUT2D eigenvalue weighted by Gasteiger charge is 2.35. The second-order valence-electron chi connectivity index (χ2n) is 12.4. The van der Waals surface area contributed by atoms with Gasteiger partial charge in [0.25, 0.3) is 10.0 Å². The van der Waals surface area contributed by atoms with Crippen LogP contribution in [0.15, 0.2) is 138 Å². The van der Waals surface area contributed by atoms with Crippen LogP contribution in [-0.2, 0) is 32.6 Å². The number of sulfonamides is 1. The number of carbonyl (C=O) groups is 2. The number of ether oxygens (including phenoxy) is 1. The van der Waals surface area contributed by atoms with Gasteiger partial charge in [-0.2, -0.15) is 0 Å². The monoisotopic (exact) mass is 707 g/mol. The fourth-order valence-electron chi connectivity index (χ4n) is 5.45. The summed E-state index contributed by atoms with van der Waals surface area (Å²) in [7, 11) is -4.28. The van der Waals surface area contributed by atoms with Crippen molar-refractivity contribution in [2.45, 2.75) is 57.1 Å². The number of halogens is 1. The van der Waals surface area contributed by atoms with E-state index >= 15 is 0 Å². The van der Waals surface area contributed by atoms with Gasteiger partial charge in [-0.05, 0) is 92.1 Å². The summed E-state index contributed by atoms with van der Waals surface area (Å²) in [5, 5.41) is 3.01. The van der Waals surface area contributed by atoms with Crippen LogP contribution in [0, 0.1) is 12.7 Å². The summed E-state index contributed by atoms with van der Waals surface area (Å²) in [6.45, 7) is 5.01. The van der Waals surface area contributed by atoms with Crippen LogP contribution in [-0.4, -0.2) is 43.8 Å². The third kappa shape index (κ3) is 9.82. The Morgan fingerprint density at radius 3 is 1.96 bits per heavy atom. The summed E-state index contributed by atoms with van der Waals surface area (Å²) in [4.78, 5) is 30.1. The number of nitrogens with zero attached hydrogens (tertiary/aromatic N) is 2. The van der Waals surface area contributed by atoms with E-state index in [1.165, 1.54) is 29.2 Å². The summed E-state index contributed by atoms with van der Waals surface area (Å²) >= 11 is 0. The van der Waals surface area contributed by atoms with E-state index in [1.54, 1.807) is 60.7 Å². The lowest BCUT2D eigenvalue weighted by Gasteiger charge is -2.34. The minimum atomic E-state index is -4.28. The van der Waals surface area contributed by atoms with Crippen molar-refractivity contribution < 1.29 is 27.1 Å². The Balaban J connectivity index is 1.56. The molecular formula is C41H42FN3O5S. The molecule has 0 aliphatic rings. The number of aryl methyl sites for hydroxylation is 1. The third-order valence-electron chi connectivity index (χ3n) is 8.53. The Bertz CT molecular complexity index is 1990. The maximum Gasteiger partial charge on any atom is 0.264 e. The van der Waals surface area contributed by atoms with Gasteiger partial charge in [0.1, 0.15) is 29.9 Å². The lowest BCUT2D eigenvalue weighted by Crippen LogP contribution is -2.54. The number of hydrogen-bond acceptors (Lipinski definition) is 5. The molecule has 0 fully saturated rings. The van der Waals surface area contributed by atoms with Crippen LogP contribution < -0.4 is 14.4 Å². The van der Waals surface area contributed by atoms with Crippen molar-refractivity contribution in [2.24, 2.45) is 0 Å². The number of nitrogens with one attached hydrogen (secondary N) is 1. The van der Waals surface area contributed by atoms with E-state index in [9.17, 15) is 22.4 Å². The van der Waals surface area contributed by atoms with Gasteiger partial charge in [0.15, 0.2) is 0 Å². The quantitative estimate of drug-likeness (QED) is 0.121. The third-order valence-corrected chi connectivity index (χ3v) is 10.3. The molecule has 0 bridgehead atoms. The van der Waals surface area contributed by atoms with Crippen molar-refractivity contribution in [3.63, 3.8) is 0 Å². The molecule has 0 saturated heterocycles. The average molecular weight is 708 g/mol. The van der Waals surface area contributed by atoms with E-state index in [0.29, 0.717) is 23.5 Å². The highest BCUT2D eigenvalue weighted by Crippen LogP contribution is 2.29. The Morgan fingerprint density at radius 1 is 0.765 bits per heavy atom. The van der Waals surface area contributed by atoms with Gasteiger partial charge < -0.3 is 15.0 Å². The fourth-order valence-corrected chi connectivity index (χ4v) is 6.87. The van der Waals surface area contributed by atoms with Crippen molar-refractivity contribution in [1.82, 2.24) is 10.2 Å². The molecule has 2 unspecified atom stereocenters. The Morgan fingerprint density at radius 2 is 1.35 bits per heavy atom. The number of benzene rings is 5. The van der Waals surface area contributed by atoms with Gasteiger partial charge in [-0.3, -0.25) is 13.9 Å². The van der Waals surface area contributed by atoms with Crippen molar-refractivity contribution >= 4 is 27.5 Å². The first-order valence-electron chi connectivity index (χ1n) is 16.8. The first-order chi connectivity index (χ1) is 24.5. The van der Waals surface area contributed by atoms with Crippen LogP contribution in [0.1, 0.15) is 37.0 Å². The number of hydrogen-bond donors (Lipinski definition) is 1. The molecule has 2 atom stereocenters. The molecule has 0 aromatic heterocycles. The van der Waals surface area contributed by atoms with E-state index < -0.39 is 34.3 Å². The number of rotatable bonds is 15. The molecule has 264 valence electrons. The first-order valence-corrected chi connectivity index (χ1v) is 18.3. The topological polar surface area (TPSA) is 96.0 Å². The highest BCUT2D eigenvalue weighted by atomic mass is 32.2. The van der Waals surface area contributed by atoms with E-state index in [1.807, 2.05) is 69.3 Å². The van der Waals surface area contributed by atoms with Crippen molar-refractivity contribution in [1.29, 1.82) is 0 Å². The number of anilines is 1. The highest BCUT2D eigenvalue weighted by molar-refractivity contribution is 7.92. The normalized spacial score (nSPS) is 12.4. The molecule has 1 N–H and O–H groups in total. The largest absolute Gasteiger partial charge is 0.457 e. The molecule has 0 spiro atoms. The zero-order valence-corrected chi connectivity index (χ0v) is 29.7. The maximum absolute atomic E-state index is 14.7.